The van der Waals surface area contributed by atoms with Crippen LogP contribution in [0.5, 0.6) is 0 Å². The van der Waals surface area contributed by atoms with Crippen LogP contribution in [0.15, 0.2) is 0 Å². The smallest absolute Gasteiger partial charge is 0.0699 e. The van der Waals surface area contributed by atoms with Gasteiger partial charge in [-0.15, -0.1) is 0 Å². The van der Waals surface area contributed by atoms with Crippen molar-refractivity contribution >= 4 is 22.6 Å². The van der Waals surface area contributed by atoms with Gasteiger partial charge in [-0.2, -0.15) is 0 Å². The molecule has 0 saturated carbocycles. The molecule has 1 aliphatic heterocycles. The zero-order valence-electron chi connectivity index (χ0n) is 5.28. The lowest BCUT2D eigenvalue weighted by Crippen LogP contribution is -2.46. The predicted octanol–water partition coefficient (Wildman–Crippen LogP) is 1.99. The van der Waals surface area contributed by atoms with Gasteiger partial charge in [0.05, 0.1) is 11.7 Å². The van der Waals surface area contributed by atoms with Gasteiger partial charge < -0.3 is 4.74 Å². The fourth-order valence-corrected chi connectivity index (χ4v) is 1.57. The Balaban J connectivity index is 2.21. The van der Waals surface area contributed by atoms with Gasteiger partial charge in [-0.3, -0.25) is 0 Å². The van der Waals surface area contributed by atoms with Gasteiger partial charge >= 0.3 is 0 Å². The molecule has 0 bridgehead atoms. The number of rotatable bonds is 1. The molecule has 1 heterocycles. The second kappa shape index (κ2) is 2.14. The van der Waals surface area contributed by atoms with E-state index in [2.05, 4.69) is 36.4 Å². The average Bonchev–Trinajstić information content (AvgIpc) is 1.60. The van der Waals surface area contributed by atoms with Crippen molar-refractivity contribution in [1.82, 2.24) is 0 Å². The zero-order valence-corrected chi connectivity index (χ0v) is 7.44. The van der Waals surface area contributed by atoms with Gasteiger partial charge in [0.25, 0.3) is 0 Å². The Bertz CT molecular complexity index is 82.5. The van der Waals surface area contributed by atoms with Crippen LogP contribution in [0.1, 0.15) is 20.3 Å². The van der Waals surface area contributed by atoms with Gasteiger partial charge in [0.15, 0.2) is 0 Å². The van der Waals surface area contributed by atoms with Crippen LogP contribution in [0.2, 0.25) is 0 Å². The Morgan fingerprint density at radius 2 is 2.25 bits per heavy atom. The zero-order chi connectivity index (χ0) is 6.20. The lowest BCUT2D eigenvalue weighted by Gasteiger charge is -2.42. The molecular weight excluding hydrogens is 215 g/mol. The first kappa shape index (κ1) is 6.81. The molecule has 1 saturated heterocycles. The third kappa shape index (κ3) is 1.35. The molecule has 0 aromatic carbocycles. The van der Waals surface area contributed by atoms with Crippen LogP contribution in [-0.2, 0) is 4.74 Å². The first-order valence-electron chi connectivity index (χ1n) is 2.88. The molecule has 8 heavy (non-hydrogen) atoms. The largest absolute Gasteiger partial charge is 0.371 e. The van der Waals surface area contributed by atoms with E-state index in [1.807, 2.05) is 0 Å². The van der Waals surface area contributed by atoms with Crippen molar-refractivity contribution in [3.05, 3.63) is 0 Å². The van der Waals surface area contributed by atoms with E-state index < -0.39 is 0 Å². The molecule has 0 N–H and O–H groups in total. The Kier molecular flexibility index (Phi) is 1.82. The Hall–Kier alpha value is 0.690. The third-order valence-electron chi connectivity index (χ3n) is 1.38. The van der Waals surface area contributed by atoms with Crippen LogP contribution in [0.4, 0.5) is 0 Å². The topological polar surface area (TPSA) is 9.23 Å². The molecule has 0 aromatic rings. The highest BCUT2D eigenvalue weighted by Gasteiger charge is 2.35. The Morgan fingerprint density at radius 1 is 1.75 bits per heavy atom. The van der Waals surface area contributed by atoms with Crippen molar-refractivity contribution in [1.29, 1.82) is 0 Å². The summed E-state index contributed by atoms with van der Waals surface area (Å²) in [5.41, 5.74) is 0.190. The van der Waals surface area contributed by atoms with Crippen LogP contribution < -0.4 is 0 Å². The molecule has 0 spiro atoms. The minimum Gasteiger partial charge on any atom is -0.371 e. The number of alkyl halides is 1. The quantitative estimate of drug-likeness (QED) is 0.490. The molecule has 1 rings (SSSR count). The summed E-state index contributed by atoms with van der Waals surface area (Å²) in [7, 11) is 0. The second-order valence-electron chi connectivity index (χ2n) is 2.86. The Morgan fingerprint density at radius 3 is 2.38 bits per heavy atom. The minimum atomic E-state index is 0.190. The van der Waals surface area contributed by atoms with Gasteiger partial charge in [-0.25, -0.2) is 0 Å². The second-order valence-corrected chi connectivity index (χ2v) is 3.74. The molecule has 1 aliphatic rings. The minimum absolute atomic E-state index is 0.190. The van der Waals surface area contributed by atoms with Crippen molar-refractivity contribution in [3.8, 4) is 0 Å². The normalized spacial score (nSPS) is 34.1. The molecule has 1 fully saturated rings. The first-order valence-corrected chi connectivity index (χ1v) is 4.40. The van der Waals surface area contributed by atoms with E-state index in [4.69, 9.17) is 4.74 Å². The lowest BCUT2D eigenvalue weighted by molar-refractivity contribution is -0.171. The van der Waals surface area contributed by atoms with E-state index in [1.54, 1.807) is 0 Å². The van der Waals surface area contributed by atoms with E-state index in [-0.39, 0.29) is 5.60 Å². The third-order valence-corrected chi connectivity index (χ3v) is 2.36. The summed E-state index contributed by atoms with van der Waals surface area (Å²) in [5.74, 6) is 0. The van der Waals surface area contributed by atoms with E-state index in [0.29, 0.717) is 6.10 Å². The maximum absolute atomic E-state index is 5.47. The Labute approximate surface area is 63.9 Å². The van der Waals surface area contributed by atoms with Gasteiger partial charge in [-0.05, 0) is 13.8 Å². The molecule has 0 aliphatic carbocycles. The van der Waals surface area contributed by atoms with Crippen LogP contribution in [-0.4, -0.2) is 16.1 Å². The molecule has 0 unspecified atom stereocenters. The summed E-state index contributed by atoms with van der Waals surface area (Å²) in [6, 6.07) is 0. The van der Waals surface area contributed by atoms with E-state index in [0.717, 1.165) is 4.43 Å². The number of hydrogen-bond acceptors (Lipinski definition) is 1. The van der Waals surface area contributed by atoms with Crippen LogP contribution in [0.3, 0.4) is 0 Å². The highest BCUT2D eigenvalue weighted by atomic mass is 127. The van der Waals surface area contributed by atoms with Crippen LogP contribution >= 0.6 is 22.6 Å². The van der Waals surface area contributed by atoms with Gasteiger partial charge in [0, 0.05) is 10.8 Å². The van der Waals surface area contributed by atoms with Gasteiger partial charge in [-0.1, -0.05) is 22.6 Å². The van der Waals surface area contributed by atoms with Crippen molar-refractivity contribution in [2.24, 2.45) is 0 Å². The van der Waals surface area contributed by atoms with E-state index in [9.17, 15) is 0 Å². The predicted molar refractivity (Wildman–Crippen MR) is 42.5 cm³/mol. The molecule has 0 aromatic heterocycles. The maximum Gasteiger partial charge on any atom is 0.0699 e. The average molecular weight is 226 g/mol. The van der Waals surface area contributed by atoms with Crippen molar-refractivity contribution in [3.63, 3.8) is 0 Å². The van der Waals surface area contributed by atoms with E-state index >= 15 is 0 Å². The summed E-state index contributed by atoms with van der Waals surface area (Å²) in [5, 5.41) is 0. The molecule has 0 radical (unpaired) electrons. The lowest BCUT2D eigenvalue weighted by atomic mass is 9.94. The fraction of sp³-hybridized carbons (Fsp3) is 1.00. The molecular formula is C6H11IO. The molecule has 2 heteroatoms. The molecule has 1 atom stereocenters. The summed E-state index contributed by atoms with van der Waals surface area (Å²) in [6.07, 6.45) is 1.78. The van der Waals surface area contributed by atoms with Crippen molar-refractivity contribution < 1.29 is 4.74 Å². The van der Waals surface area contributed by atoms with Crippen LogP contribution in [0, 0.1) is 0 Å². The SMILES string of the molecule is CC1(C)C[C@H](CI)O1. The summed E-state index contributed by atoms with van der Waals surface area (Å²) >= 11 is 2.36. The van der Waals surface area contributed by atoms with Gasteiger partial charge in [0.1, 0.15) is 0 Å². The highest BCUT2D eigenvalue weighted by molar-refractivity contribution is 14.1. The fourth-order valence-electron chi connectivity index (χ4n) is 1.08. The van der Waals surface area contributed by atoms with E-state index in [1.165, 1.54) is 6.42 Å². The number of halogens is 1. The monoisotopic (exact) mass is 226 g/mol. The number of hydrogen-bond donors (Lipinski definition) is 0. The molecule has 0 amide bonds. The standard InChI is InChI=1S/C6H11IO/c1-6(2)3-5(4-7)8-6/h5H,3-4H2,1-2H3/t5-/m1/s1. The summed E-state index contributed by atoms with van der Waals surface area (Å²) in [4.78, 5) is 0. The molecule has 48 valence electrons. The summed E-state index contributed by atoms with van der Waals surface area (Å²) in [6.45, 7) is 4.27. The number of ether oxygens (including phenoxy) is 1. The van der Waals surface area contributed by atoms with Gasteiger partial charge in [0.2, 0.25) is 0 Å². The molecule has 1 nitrogen and oxygen atoms in total. The van der Waals surface area contributed by atoms with Crippen molar-refractivity contribution in [2.45, 2.75) is 32.0 Å². The highest BCUT2D eigenvalue weighted by Crippen LogP contribution is 2.32. The first-order chi connectivity index (χ1) is 3.64. The van der Waals surface area contributed by atoms with Crippen molar-refractivity contribution in [2.75, 3.05) is 4.43 Å². The summed E-state index contributed by atoms with van der Waals surface area (Å²) < 4.78 is 6.61. The van der Waals surface area contributed by atoms with Crippen LogP contribution in [0.25, 0.3) is 0 Å². The maximum atomic E-state index is 5.47.